The summed E-state index contributed by atoms with van der Waals surface area (Å²) in [6, 6.07) is 0. The van der Waals surface area contributed by atoms with Crippen molar-refractivity contribution < 1.29 is 4.79 Å². The van der Waals surface area contributed by atoms with Crippen molar-refractivity contribution in [1.82, 2.24) is 10.3 Å². The van der Waals surface area contributed by atoms with Crippen molar-refractivity contribution in [1.29, 1.82) is 0 Å². The van der Waals surface area contributed by atoms with Crippen molar-refractivity contribution >= 4 is 42.1 Å². The zero-order valence-corrected chi connectivity index (χ0v) is 11.7. The Labute approximate surface area is 112 Å². The first-order valence-corrected chi connectivity index (χ1v) is 5.40. The summed E-state index contributed by atoms with van der Waals surface area (Å²) in [5, 5.41) is 2.83. The molecule has 0 aliphatic rings. The molecule has 0 saturated carbocycles. The second-order valence-corrected chi connectivity index (χ2v) is 4.15. The van der Waals surface area contributed by atoms with Gasteiger partial charge in [0.1, 0.15) is 0 Å². The number of hydrogen-bond acceptors (Lipinski definition) is 4. The van der Waals surface area contributed by atoms with Gasteiger partial charge in [0.25, 0.3) is 0 Å². The third-order valence-corrected chi connectivity index (χ3v) is 3.00. The van der Waals surface area contributed by atoms with Crippen LogP contribution in [0.3, 0.4) is 0 Å². The Morgan fingerprint density at radius 3 is 2.69 bits per heavy atom. The normalized spacial score (nSPS) is 10.9. The van der Waals surface area contributed by atoms with Crippen molar-refractivity contribution in [2.75, 3.05) is 6.54 Å². The van der Waals surface area contributed by atoms with Crippen LogP contribution < -0.4 is 11.1 Å². The predicted molar refractivity (Wildman–Crippen MR) is 71.4 cm³/mol. The van der Waals surface area contributed by atoms with Crippen LogP contribution in [0.4, 0.5) is 0 Å². The lowest BCUT2D eigenvalue weighted by Crippen LogP contribution is -2.32. The second-order valence-electron chi connectivity index (χ2n) is 3.22. The van der Waals surface area contributed by atoms with Gasteiger partial charge < -0.3 is 11.1 Å². The number of nitrogens with one attached hydrogen (secondary N) is 1. The van der Waals surface area contributed by atoms with Crippen LogP contribution in [-0.4, -0.2) is 17.4 Å². The Balaban J connectivity index is 0. The van der Waals surface area contributed by atoms with Gasteiger partial charge in [-0.25, -0.2) is 4.98 Å². The predicted octanol–water partition coefficient (Wildman–Crippen LogP) is 1.51. The first-order valence-electron chi connectivity index (χ1n) is 4.52. The number of amides is 1. The van der Waals surface area contributed by atoms with Crippen LogP contribution >= 0.6 is 36.2 Å². The summed E-state index contributed by atoms with van der Waals surface area (Å²) in [5.74, 6) is -0.122. The number of rotatable bonds is 4. The van der Waals surface area contributed by atoms with Crippen LogP contribution in [0.15, 0.2) is 5.51 Å². The number of halogens is 2. The first kappa shape index (κ1) is 18.0. The maximum absolute atomic E-state index is 11.4. The van der Waals surface area contributed by atoms with E-state index >= 15 is 0 Å². The largest absolute Gasteiger partial charge is 0.351 e. The number of thiazole rings is 1. The van der Waals surface area contributed by atoms with Crippen LogP contribution in [0, 0.1) is 12.8 Å². The van der Waals surface area contributed by atoms with E-state index in [9.17, 15) is 4.79 Å². The number of aryl methyl sites for hydroxylation is 1. The fourth-order valence-corrected chi connectivity index (χ4v) is 1.66. The van der Waals surface area contributed by atoms with E-state index < -0.39 is 0 Å². The maximum atomic E-state index is 11.4. The highest BCUT2D eigenvalue weighted by Gasteiger charge is 2.10. The number of aromatic nitrogens is 1. The third-order valence-electron chi connectivity index (χ3n) is 2.07. The van der Waals surface area contributed by atoms with E-state index in [1.165, 1.54) is 0 Å². The monoisotopic (exact) mass is 285 g/mol. The zero-order chi connectivity index (χ0) is 10.6. The maximum Gasteiger partial charge on any atom is 0.224 e. The minimum absolute atomic E-state index is 0. The van der Waals surface area contributed by atoms with Crippen LogP contribution in [0.2, 0.25) is 0 Å². The summed E-state index contributed by atoms with van der Waals surface area (Å²) in [5.41, 5.74) is 8.14. The van der Waals surface area contributed by atoms with E-state index in [2.05, 4.69) is 10.3 Å². The molecular formula is C9H17Cl2N3OS. The smallest absolute Gasteiger partial charge is 0.224 e. The minimum Gasteiger partial charge on any atom is -0.351 e. The van der Waals surface area contributed by atoms with Crippen molar-refractivity contribution in [2.45, 2.75) is 20.4 Å². The Bertz CT molecular complexity index is 319. The lowest BCUT2D eigenvalue weighted by Gasteiger charge is -2.08. The highest BCUT2D eigenvalue weighted by molar-refractivity contribution is 7.09. The Kier molecular flexibility index (Phi) is 9.86. The molecule has 1 atom stereocenters. The summed E-state index contributed by atoms with van der Waals surface area (Å²) in [7, 11) is 0. The summed E-state index contributed by atoms with van der Waals surface area (Å²) in [6.45, 7) is 4.69. The lowest BCUT2D eigenvalue weighted by molar-refractivity contribution is -0.124. The van der Waals surface area contributed by atoms with Gasteiger partial charge in [-0.3, -0.25) is 4.79 Å². The molecule has 1 rings (SSSR count). The molecule has 0 spiro atoms. The SMILES string of the molecule is Cc1ncsc1CNC(=O)C(C)CN.Cl.Cl. The average Bonchev–Trinajstić information content (AvgIpc) is 2.59. The molecule has 3 N–H and O–H groups in total. The van der Waals surface area contributed by atoms with Gasteiger partial charge in [-0.1, -0.05) is 6.92 Å². The van der Waals surface area contributed by atoms with E-state index in [0.29, 0.717) is 13.1 Å². The quantitative estimate of drug-likeness (QED) is 0.881. The molecule has 16 heavy (non-hydrogen) atoms. The van der Waals surface area contributed by atoms with E-state index in [0.717, 1.165) is 10.6 Å². The second kappa shape index (κ2) is 8.75. The highest BCUT2D eigenvalue weighted by Crippen LogP contribution is 2.11. The molecule has 1 amide bonds. The Morgan fingerprint density at radius 2 is 2.25 bits per heavy atom. The molecule has 0 radical (unpaired) electrons. The molecule has 0 bridgehead atoms. The number of hydrogen-bond donors (Lipinski definition) is 2. The lowest BCUT2D eigenvalue weighted by atomic mass is 10.2. The summed E-state index contributed by atoms with van der Waals surface area (Å²) in [4.78, 5) is 16.6. The van der Waals surface area contributed by atoms with Crippen LogP contribution in [0.5, 0.6) is 0 Å². The van der Waals surface area contributed by atoms with Crippen LogP contribution in [-0.2, 0) is 11.3 Å². The minimum atomic E-state index is -0.122. The first-order chi connectivity index (χ1) is 6.65. The molecule has 0 aliphatic heterocycles. The highest BCUT2D eigenvalue weighted by atomic mass is 35.5. The number of carbonyl (C=O) groups excluding carboxylic acids is 1. The van der Waals surface area contributed by atoms with Crippen molar-refractivity contribution in [3.8, 4) is 0 Å². The topological polar surface area (TPSA) is 68.0 Å². The van der Waals surface area contributed by atoms with E-state index in [4.69, 9.17) is 5.73 Å². The molecule has 1 aromatic rings. The van der Waals surface area contributed by atoms with Crippen LogP contribution in [0.1, 0.15) is 17.5 Å². The van der Waals surface area contributed by atoms with Gasteiger partial charge in [0, 0.05) is 17.3 Å². The van der Waals surface area contributed by atoms with Gasteiger partial charge in [0.15, 0.2) is 0 Å². The van der Waals surface area contributed by atoms with Gasteiger partial charge in [0.2, 0.25) is 5.91 Å². The fourth-order valence-electron chi connectivity index (χ4n) is 0.945. The summed E-state index contributed by atoms with van der Waals surface area (Å²) >= 11 is 1.55. The number of nitrogens with zero attached hydrogens (tertiary/aromatic N) is 1. The van der Waals surface area contributed by atoms with Gasteiger partial charge in [-0.15, -0.1) is 36.2 Å². The van der Waals surface area contributed by atoms with Gasteiger partial charge in [-0.2, -0.15) is 0 Å². The van der Waals surface area contributed by atoms with E-state index in [-0.39, 0.29) is 36.6 Å². The van der Waals surface area contributed by atoms with Crippen molar-refractivity contribution in [3.63, 3.8) is 0 Å². The molecule has 1 aromatic heterocycles. The van der Waals surface area contributed by atoms with E-state index in [1.807, 2.05) is 13.8 Å². The Morgan fingerprint density at radius 1 is 1.62 bits per heavy atom. The van der Waals surface area contributed by atoms with Gasteiger partial charge >= 0.3 is 0 Å². The number of carbonyl (C=O) groups is 1. The van der Waals surface area contributed by atoms with Gasteiger partial charge in [-0.05, 0) is 6.92 Å². The van der Waals surface area contributed by atoms with E-state index in [1.54, 1.807) is 16.8 Å². The molecule has 94 valence electrons. The molecule has 0 aromatic carbocycles. The van der Waals surface area contributed by atoms with Crippen molar-refractivity contribution in [3.05, 3.63) is 16.1 Å². The Hall–Kier alpha value is -0.360. The standard InChI is InChI=1S/C9H15N3OS.2ClH/c1-6(3-10)9(13)11-4-8-7(2)12-5-14-8;;/h5-6H,3-4,10H2,1-2H3,(H,11,13);2*1H. The molecule has 7 heteroatoms. The molecule has 0 aliphatic carbocycles. The molecular weight excluding hydrogens is 269 g/mol. The molecule has 1 heterocycles. The van der Waals surface area contributed by atoms with Crippen molar-refractivity contribution in [2.24, 2.45) is 11.7 Å². The molecule has 0 saturated heterocycles. The molecule has 1 unspecified atom stereocenters. The zero-order valence-electron chi connectivity index (χ0n) is 9.23. The number of nitrogens with two attached hydrogens (primary N) is 1. The third kappa shape index (κ3) is 5.12. The summed E-state index contributed by atoms with van der Waals surface area (Å²) in [6.07, 6.45) is 0. The fraction of sp³-hybridized carbons (Fsp3) is 0.556. The molecule has 4 nitrogen and oxygen atoms in total. The average molecular weight is 286 g/mol. The summed E-state index contributed by atoms with van der Waals surface area (Å²) < 4.78 is 0. The van der Waals surface area contributed by atoms with Gasteiger partial charge in [0.05, 0.1) is 17.7 Å². The van der Waals surface area contributed by atoms with Crippen LogP contribution in [0.25, 0.3) is 0 Å². The molecule has 0 fully saturated rings.